The number of carbonyl (C=O) groups excluding carboxylic acids is 1. The molecule has 1 amide bonds. The molecule has 1 fully saturated rings. The maximum Gasteiger partial charge on any atom is 0.261 e. The number of hydrogen-bond donors (Lipinski definition) is 1. The Kier molecular flexibility index (Phi) is 5.65. The molecular formula is C21H22N4O4S. The maximum atomic E-state index is 12.7. The largest absolute Gasteiger partial charge is 0.325 e. The van der Waals surface area contributed by atoms with E-state index in [1.165, 1.54) is 27.3 Å². The molecule has 0 unspecified atom stereocenters. The van der Waals surface area contributed by atoms with E-state index in [2.05, 4.69) is 10.3 Å². The number of sulfonamides is 1. The number of para-hydroxylation sites is 1. The van der Waals surface area contributed by atoms with E-state index in [4.69, 9.17) is 0 Å². The third-order valence-electron chi connectivity index (χ3n) is 5.14. The van der Waals surface area contributed by atoms with Crippen molar-refractivity contribution < 1.29 is 13.2 Å². The molecule has 1 aliphatic heterocycles. The highest BCUT2D eigenvalue weighted by molar-refractivity contribution is 7.89. The van der Waals surface area contributed by atoms with E-state index in [0.717, 1.165) is 19.3 Å². The Morgan fingerprint density at radius 3 is 2.43 bits per heavy atom. The molecule has 30 heavy (non-hydrogen) atoms. The quantitative estimate of drug-likeness (QED) is 0.674. The Labute approximate surface area is 174 Å². The number of nitrogens with zero attached hydrogens (tertiary/aromatic N) is 3. The van der Waals surface area contributed by atoms with Crippen molar-refractivity contribution in [1.82, 2.24) is 13.9 Å². The van der Waals surface area contributed by atoms with Crippen LogP contribution in [0.3, 0.4) is 0 Å². The summed E-state index contributed by atoms with van der Waals surface area (Å²) in [5.74, 6) is -0.402. The van der Waals surface area contributed by atoms with Gasteiger partial charge in [0, 0.05) is 18.8 Å². The highest BCUT2D eigenvalue weighted by Gasteiger charge is 2.25. The number of piperidine rings is 1. The minimum absolute atomic E-state index is 0.190. The van der Waals surface area contributed by atoms with E-state index in [0.29, 0.717) is 29.7 Å². The standard InChI is InChI=1S/C21H22N4O4S/c26-20(14-24-15-22-19-7-3-2-6-18(19)21(24)27)23-16-8-10-17(11-9-16)30(28,29)25-12-4-1-5-13-25/h2-3,6-11,15H,1,4-5,12-14H2,(H,23,26). The lowest BCUT2D eigenvalue weighted by atomic mass is 10.2. The molecule has 1 aromatic heterocycles. The van der Waals surface area contributed by atoms with Gasteiger partial charge in [-0.15, -0.1) is 0 Å². The second-order valence-electron chi connectivity index (χ2n) is 7.23. The van der Waals surface area contributed by atoms with Crippen LogP contribution in [0, 0.1) is 0 Å². The minimum atomic E-state index is -3.52. The lowest BCUT2D eigenvalue weighted by Crippen LogP contribution is -2.35. The fraction of sp³-hybridized carbons (Fsp3) is 0.286. The normalized spacial score (nSPS) is 15.2. The molecule has 1 N–H and O–H groups in total. The van der Waals surface area contributed by atoms with Gasteiger partial charge in [0.2, 0.25) is 15.9 Å². The zero-order valence-electron chi connectivity index (χ0n) is 16.3. The van der Waals surface area contributed by atoms with Crippen molar-refractivity contribution in [2.24, 2.45) is 0 Å². The number of hydrogen-bond acceptors (Lipinski definition) is 5. The summed E-state index contributed by atoms with van der Waals surface area (Å²) >= 11 is 0. The Hall–Kier alpha value is -3.04. The van der Waals surface area contributed by atoms with Crippen LogP contribution in [0.1, 0.15) is 19.3 Å². The number of aromatic nitrogens is 2. The molecule has 1 saturated heterocycles. The van der Waals surface area contributed by atoms with Gasteiger partial charge in [0.25, 0.3) is 5.56 Å². The van der Waals surface area contributed by atoms with Crippen molar-refractivity contribution in [1.29, 1.82) is 0 Å². The van der Waals surface area contributed by atoms with Gasteiger partial charge < -0.3 is 5.32 Å². The Balaban J connectivity index is 1.45. The first-order valence-electron chi connectivity index (χ1n) is 9.79. The highest BCUT2D eigenvalue weighted by atomic mass is 32.2. The summed E-state index contributed by atoms with van der Waals surface area (Å²) < 4.78 is 28.1. The molecule has 156 valence electrons. The van der Waals surface area contributed by atoms with E-state index < -0.39 is 15.9 Å². The summed E-state index contributed by atoms with van der Waals surface area (Å²) in [6.45, 7) is 0.884. The number of benzene rings is 2. The van der Waals surface area contributed by atoms with Crippen molar-refractivity contribution in [3.8, 4) is 0 Å². The SMILES string of the molecule is O=C(Cn1cnc2ccccc2c1=O)Nc1ccc(S(=O)(=O)N2CCCCC2)cc1. The van der Waals surface area contributed by atoms with E-state index >= 15 is 0 Å². The molecule has 0 radical (unpaired) electrons. The molecular weight excluding hydrogens is 404 g/mol. The first kappa shape index (κ1) is 20.2. The van der Waals surface area contributed by atoms with Crippen LogP contribution < -0.4 is 10.9 Å². The van der Waals surface area contributed by atoms with Gasteiger partial charge in [0.05, 0.1) is 22.1 Å². The Morgan fingerprint density at radius 1 is 1.00 bits per heavy atom. The van der Waals surface area contributed by atoms with Gasteiger partial charge in [-0.3, -0.25) is 14.2 Å². The van der Waals surface area contributed by atoms with Crippen molar-refractivity contribution in [2.75, 3.05) is 18.4 Å². The van der Waals surface area contributed by atoms with E-state index in [-0.39, 0.29) is 17.0 Å². The number of carbonyl (C=O) groups is 1. The summed E-state index contributed by atoms with van der Waals surface area (Å²) in [7, 11) is -3.52. The molecule has 3 aromatic rings. The van der Waals surface area contributed by atoms with Gasteiger partial charge in [-0.05, 0) is 49.2 Å². The van der Waals surface area contributed by atoms with E-state index in [1.54, 1.807) is 36.4 Å². The number of anilines is 1. The summed E-state index contributed by atoms with van der Waals surface area (Å²) in [5.41, 5.74) is 0.739. The third-order valence-corrected chi connectivity index (χ3v) is 7.05. The van der Waals surface area contributed by atoms with Gasteiger partial charge in [0.1, 0.15) is 6.54 Å². The number of rotatable bonds is 5. The van der Waals surface area contributed by atoms with Crippen LogP contribution in [0.15, 0.2) is 64.5 Å². The van der Waals surface area contributed by atoms with Crippen molar-refractivity contribution in [3.05, 3.63) is 65.2 Å². The summed E-state index contributed by atoms with van der Waals surface area (Å²) in [6, 6.07) is 13.0. The molecule has 9 heteroatoms. The smallest absolute Gasteiger partial charge is 0.261 e. The zero-order valence-corrected chi connectivity index (χ0v) is 17.1. The topological polar surface area (TPSA) is 101 Å². The van der Waals surface area contributed by atoms with E-state index in [9.17, 15) is 18.0 Å². The van der Waals surface area contributed by atoms with Crippen molar-refractivity contribution >= 4 is 32.5 Å². The first-order chi connectivity index (χ1) is 14.4. The van der Waals surface area contributed by atoms with E-state index in [1.807, 2.05) is 0 Å². The fourth-order valence-electron chi connectivity index (χ4n) is 3.54. The molecule has 8 nitrogen and oxygen atoms in total. The van der Waals surface area contributed by atoms with Crippen molar-refractivity contribution in [3.63, 3.8) is 0 Å². The van der Waals surface area contributed by atoms with Crippen LogP contribution in [0.25, 0.3) is 10.9 Å². The summed E-state index contributed by atoms with van der Waals surface area (Å²) in [6.07, 6.45) is 4.14. The lowest BCUT2D eigenvalue weighted by molar-refractivity contribution is -0.116. The molecule has 4 rings (SSSR count). The molecule has 0 spiro atoms. The van der Waals surface area contributed by atoms with Crippen LogP contribution in [0.4, 0.5) is 5.69 Å². The number of nitrogens with one attached hydrogen (secondary N) is 1. The number of amides is 1. The monoisotopic (exact) mass is 426 g/mol. The Bertz CT molecular complexity index is 1230. The van der Waals surface area contributed by atoms with Gasteiger partial charge in [-0.25, -0.2) is 13.4 Å². The van der Waals surface area contributed by atoms with Gasteiger partial charge in [0.15, 0.2) is 0 Å². The van der Waals surface area contributed by atoms with Gasteiger partial charge in [-0.1, -0.05) is 18.6 Å². The first-order valence-corrected chi connectivity index (χ1v) is 11.2. The maximum absolute atomic E-state index is 12.7. The van der Waals surface area contributed by atoms with Crippen LogP contribution in [0.2, 0.25) is 0 Å². The molecule has 1 aliphatic rings. The molecule has 0 saturated carbocycles. The van der Waals surface area contributed by atoms with Crippen LogP contribution in [-0.4, -0.2) is 41.3 Å². The minimum Gasteiger partial charge on any atom is -0.325 e. The van der Waals surface area contributed by atoms with Crippen molar-refractivity contribution in [2.45, 2.75) is 30.7 Å². The second-order valence-corrected chi connectivity index (χ2v) is 9.17. The molecule has 0 aliphatic carbocycles. The highest BCUT2D eigenvalue weighted by Crippen LogP contribution is 2.22. The average Bonchev–Trinajstić information content (AvgIpc) is 2.77. The Morgan fingerprint density at radius 2 is 1.70 bits per heavy atom. The molecule has 2 aromatic carbocycles. The zero-order chi connectivity index (χ0) is 21.1. The summed E-state index contributed by atoms with van der Waals surface area (Å²) in [4.78, 5) is 29.3. The molecule has 2 heterocycles. The molecule has 0 bridgehead atoms. The average molecular weight is 426 g/mol. The van der Waals surface area contributed by atoms with Crippen LogP contribution in [0.5, 0.6) is 0 Å². The fourth-order valence-corrected chi connectivity index (χ4v) is 5.06. The number of fused-ring (bicyclic) bond motifs is 1. The predicted octanol–water partition coefficient (Wildman–Crippen LogP) is 2.21. The van der Waals surface area contributed by atoms with Crippen LogP contribution >= 0.6 is 0 Å². The predicted molar refractivity (Wildman–Crippen MR) is 114 cm³/mol. The lowest BCUT2D eigenvalue weighted by Gasteiger charge is -2.25. The van der Waals surface area contributed by atoms with Gasteiger partial charge >= 0.3 is 0 Å². The summed E-state index contributed by atoms with van der Waals surface area (Å²) in [5, 5.41) is 3.13. The van der Waals surface area contributed by atoms with Crippen LogP contribution in [-0.2, 0) is 21.4 Å². The second kappa shape index (κ2) is 8.37. The van der Waals surface area contributed by atoms with Gasteiger partial charge in [-0.2, -0.15) is 4.31 Å². The molecule has 0 atom stereocenters. The third kappa shape index (κ3) is 4.12.